The van der Waals surface area contributed by atoms with Crippen LogP contribution in [0.4, 0.5) is 11.5 Å². The number of ether oxygens (including phenoxy) is 1. The molecule has 2 amide bonds. The molecule has 0 fully saturated rings. The number of aryl methyl sites for hydroxylation is 1. The number of amides is 2. The van der Waals surface area contributed by atoms with E-state index in [9.17, 15) is 9.59 Å². The second-order valence-electron chi connectivity index (χ2n) is 6.46. The van der Waals surface area contributed by atoms with Crippen molar-refractivity contribution in [3.8, 4) is 5.88 Å². The number of benzene rings is 1. The van der Waals surface area contributed by atoms with Gasteiger partial charge in [-0.25, -0.2) is 4.98 Å². The predicted molar refractivity (Wildman–Crippen MR) is 104 cm³/mol. The van der Waals surface area contributed by atoms with Crippen molar-refractivity contribution in [3.63, 3.8) is 0 Å². The fourth-order valence-corrected chi connectivity index (χ4v) is 2.55. The van der Waals surface area contributed by atoms with Crippen LogP contribution in [0.2, 0.25) is 0 Å². The zero-order valence-corrected chi connectivity index (χ0v) is 16.2. The Hall–Kier alpha value is -3.16. The first kappa shape index (κ1) is 20.2. The zero-order chi connectivity index (χ0) is 20.0. The highest BCUT2D eigenvalue weighted by atomic mass is 16.5. The second-order valence-corrected chi connectivity index (χ2v) is 6.46. The molecule has 0 bridgehead atoms. The van der Waals surface area contributed by atoms with Gasteiger partial charge in [0.2, 0.25) is 5.88 Å². The summed E-state index contributed by atoms with van der Waals surface area (Å²) in [7, 11) is 4.96. The lowest BCUT2D eigenvalue weighted by molar-refractivity contribution is -0.136. The number of carbonyl (C=O) groups excluding carboxylic acids is 2. The summed E-state index contributed by atoms with van der Waals surface area (Å²) in [5, 5.41) is 5.20. The topological polar surface area (TPSA) is 96.5 Å². The molecule has 27 heavy (non-hydrogen) atoms. The van der Waals surface area contributed by atoms with Crippen LogP contribution in [0.3, 0.4) is 0 Å². The molecule has 144 valence electrons. The first-order valence-electron chi connectivity index (χ1n) is 8.55. The SMILES string of the molecule is COc1ncnc(N(C)C)c1NC(=O)C(=O)NC[C@@H](C)c1cccc(C)c1. The van der Waals surface area contributed by atoms with E-state index in [1.165, 1.54) is 13.4 Å². The number of hydrogen-bond acceptors (Lipinski definition) is 6. The van der Waals surface area contributed by atoms with Gasteiger partial charge in [-0.2, -0.15) is 4.98 Å². The van der Waals surface area contributed by atoms with Gasteiger partial charge in [-0.05, 0) is 18.4 Å². The van der Waals surface area contributed by atoms with E-state index in [0.29, 0.717) is 12.4 Å². The van der Waals surface area contributed by atoms with Crippen molar-refractivity contribution in [1.29, 1.82) is 0 Å². The van der Waals surface area contributed by atoms with E-state index in [1.807, 2.05) is 32.0 Å². The van der Waals surface area contributed by atoms with E-state index in [-0.39, 0.29) is 17.5 Å². The lowest BCUT2D eigenvalue weighted by Gasteiger charge is -2.18. The van der Waals surface area contributed by atoms with Crippen molar-refractivity contribution in [1.82, 2.24) is 15.3 Å². The Morgan fingerprint density at radius 1 is 1.22 bits per heavy atom. The minimum Gasteiger partial charge on any atom is -0.479 e. The van der Waals surface area contributed by atoms with Crippen LogP contribution in [0.5, 0.6) is 5.88 Å². The molecule has 1 heterocycles. The molecule has 0 spiro atoms. The van der Waals surface area contributed by atoms with Crippen LogP contribution in [-0.4, -0.2) is 49.5 Å². The number of aromatic nitrogens is 2. The van der Waals surface area contributed by atoms with Crippen molar-refractivity contribution < 1.29 is 14.3 Å². The molecule has 2 aromatic rings. The Morgan fingerprint density at radius 2 is 1.96 bits per heavy atom. The Kier molecular flexibility index (Phi) is 6.70. The molecule has 0 aliphatic rings. The molecule has 0 radical (unpaired) electrons. The summed E-state index contributed by atoms with van der Waals surface area (Å²) in [6.07, 6.45) is 1.33. The maximum Gasteiger partial charge on any atom is 0.313 e. The van der Waals surface area contributed by atoms with Crippen LogP contribution in [0.25, 0.3) is 0 Å². The summed E-state index contributed by atoms with van der Waals surface area (Å²) in [5.41, 5.74) is 2.50. The quantitative estimate of drug-likeness (QED) is 0.751. The fraction of sp³-hybridized carbons (Fsp3) is 0.368. The Bertz CT molecular complexity index is 823. The van der Waals surface area contributed by atoms with E-state index in [4.69, 9.17) is 4.74 Å². The van der Waals surface area contributed by atoms with Crippen molar-refractivity contribution in [2.24, 2.45) is 0 Å². The smallest absolute Gasteiger partial charge is 0.313 e. The molecule has 1 aromatic carbocycles. The highest BCUT2D eigenvalue weighted by molar-refractivity contribution is 6.40. The Labute approximate surface area is 159 Å². The molecule has 8 heteroatoms. The summed E-state index contributed by atoms with van der Waals surface area (Å²) in [5.74, 6) is -0.833. The predicted octanol–water partition coefficient (Wildman–Crippen LogP) is 1.72. The maximum atomic E-state index is 12.3. The molecule has 1 atom stereocenters. The van der Waals surface area contributed by atoms with Crippen LogP contribution >= 0.6 is 0 Å². The fourth-order valence-electron chi connectivity index (χ4n) is 2.55. The lowest BCUT2D eigenvalue weighted by Crippen LogP contribution is -2.37. The number of anilines is 2. The third-order valence-electron chi connectivity index (χ3n) is 4.03. The molecule has 0 saturated carbocycles. The van der Waals surface area contributed by atoms with Crippen molar-refractivity contribution in [2.45, 2.75) is 19.8 Å². The number of nitrogens with zero attached hydrogens (tertiary/aromatic N) is 3. The standard InChI is InChI=1S/C19H25N5O3/c1-12-7-6-8-14(9-12)13(2)10-20-17(25)18(26)23-15-16(24(3)4)21-11-22-19(15)27-5/h6-9,11,13H,10H2,1-5H3,(H,20,25)(H,23,26)/t13-/m1/s1. The van der Waals surface area contributed by atoms with Gasteiger partial charge in [-0.15, -0.1) is 0 Å². The van der Waals surface area contributed by atoms with Crippen LogP contribution in [0, 0.1) is 6.92 Å². The highest BCUT2D eigenvalue weighted by Gasteiger charge is 2.21. The molecule has 8 nitrogen and oxygen atoms in total. The number of methoxy groups -OCH3 is 1. The largest absolute Gasteiger partial charge is 0.479 e. The van der Waals surface area contributed by atoms with Crippen LogP contribution in [0.15, 0.2) is 30.6 Å². The van der Waals surface area contributed by atoms with Gasteiger partial charge in [-0.3, -0.25) is 9.59 Å². The van der Waals surface area contributed by atoms with Gasteiger partial charge in [0.05, 0.1) is 7.11 Å². The first-order valence-corrected chi connectivity index (χ1v) is 8.55. The number of carbonyl (C=O) groups is 2. The van der Waals surface area contributed by atoms with E-state index < -0.39 is 11.8 Å². The highest BCUT2D eigenvalue weighted by Crippen LogP contribution is 2.29. The average Bonchev–Trinajstić information content (AvgIpc) is 2.65. The number of nitrogens with one attached hydrogen (secondary N) is 2. The van der Waals surface area contributed by atoms with Crippen molar-refractivity contribution >= 4 is 23.3 Å². The maximum absolute atomic E-state index is 12.3. The third-order valence-corrected chi connectivity index (χ3v) is 4.03. The summed E-state index contributed by atoms with van der Waals surface area (Å²) in [4.78, 5) is 34.3. The summed E-state index contributed by atoms with van der Waals surface area (Å²) < 4.78 is 5.16. The molecule has 0 saturated heterocycles. The molecule has 1 aromatic heterocycles. The Morgan fingerprint density at radius 3 is 2.59 bits per heavy atom. The molecule has 0 aliphatic heterocycles. The van der Waals surface area contributed by atoms with Gasteiger partial charge in [-0.1, -0.05) is 36.8 Å². The van der Waals surface area contributed by atoms with Gasteiger partial charge in [0, 0.05) is 20.6 Å². The summed E-state index contributed by atoms with van der Waals surface area (Å²) in [6.45, 7) is 4.35. The number of rotatable bonds is 6. The van der Waals surface area contributed by atoms with E-state index in [2.05, 4.69) is 26.7 Å². The third kappa shape index (κ3) is 5.16. The van der Waals surface area contributed by atoms with E-state index in [0.717, 1.165) is 11.1 Å². The van der Waals surface area contributed by atoms with Crippen LogP contribution in [0.1, 0.15) is 24.0 Å². The van der Waals surface area contributed by atoms with Crippen molar-refractivity contribution in [2.75, 3.05) is 38.0 Å². The molecule has 2 N–H and O–H groups in total. The average molecular weight is 371 g/mol. The van der Waals surface area contributed by atoms with Gasteiger partial charge in [0.1, 0.15) is 12.0 Å². The normalized spacial score (nSPS) is 11.4. The van der Waals surface area contributed by atoms with E-state index >= 15 is 0 Å². The minimum absolute atomic E-state index is 0.0774. The van der Waals surface area contributed by atoms with Gasteiger partial charge in [0.15, 0.2) is 5.82 Å². The van der Waals surface area contributed by atoms with Gasteiger partial charge < -0.3 is 20.3 Å². The van der Waals surface area contributed by atoms with Crippen LogP contribution in [-0.2, 0) is 9.59 Å². The lowest BCUT2D eigenvalue weighted by atomic mass is 9.99. The van der Waals surface area contributed by atoms with E-state index in [1.54, 1.807) is 19.0 Å². The van der Waals surface area contributed by atoms with Gasteiger partial charge >= 0.3 is 11.8 Å². The molecule has 2 rings (SSSR count). The molecular weight excluding hydrogens is 346 g/mol. The summed E-state index contributed by atoms with van der Waals surface area (Å²) >= 11 is 0. The molecular formula is C19H25N5O3. The van der Waals surface area contributed by atoms with Crippen LogP contribution < -0.4 is 20.3 Å². The minimum atomic E-state index is -0.803. The Balaban J connectivity index is 2.03. The molecule has 0 aliphatic carbocycles. The second kappa shape index (κ2) is 8.98. The first-order chi connectivity index (χ1) is 12.8. The number of hydrogen-bond donors (Lipinski definition) is 2. The summed E-state index contributed by atoms with van der Waals surface area (Å²) in [6, 6.07) is 8.05. The monoisotopic (exact) mass is 371 g/mol. The van der Waals surface area contributed by atoms with Crippen molar-refractivity contribution in [3.05, 3.63) is 41.7 Å². The zero-order valence-electron chi connectivity index (χ0n) is 16.2. The molecule has 0 unspecified atom stereocenters. The van der Waals surface area contributed by atoms with Gasteiger partial charge in [0.25, 0.3) is 0 Å².